The lowest BCUT2D eigenvalue weighted by Gasteiger charge is -2.08. The molecular weight excluding hydrogens is 318 g/mol. The number of hydrogen-bond donors (Lipinski definition) is 2. The number of nitrogens with zero attached hydrogens (tertiary/aromatic N) is 1. The first kappa shape index (κ1) is 12.5. The predicted molar refractivity (Wildman–Crippen MR) is 79.5 cm³/mol. The van der Waals surface area contributed by atoms with Gasteiger partial charge in [0.25, 0.3) is 0 Å². The summed E-state index contributed by atoms with van der Waals surface area (Å²) in [5.41, 5.74) is 10.3. The Morgan fingerprint density at radius 3 is 2.94 bits per heavy atom. The minimum atomic E-state index is 0.400. The number of halogens is 1. The Morgan fingerprint density at radius 2 is 2.35 bits per heavy atom. The average Bonchev–Trinajstić information content (AvgIpc) is 2.80. The number of benzene rings is 1. The summed E-state index contributed by atoms with van der Waals surface area (Å²) in [6.07, 6.45) is 0. The first-order valence-corrected chi connectivity index (χ1v) is 7.01. The van der Waals surface area contributed by atoms with Gasteiger partial charge < -0.3 is 11.1 Å². The number of nitrogens with two attached hydrogens (primary N) is 1. The van der Waals surface area contributed by atoms with Crippen molar-refractivity contribution in [2.45, 2.75) is 6.54 Å². The van der Waals surface area contributed by atoms with Gasteiger partial charge in [-0.15, -0.1) is 11.3 Å². The van der Waals surface area contributed by atoms with Crippen molar-refractivity contribution in [2.24, 2.45) is 5.73 Å². The van der Waals surface area contributed by atoms with Crippen LogP contribution in [0.4, 0.5) is 5.69 Å². The lowest BCUT2D eigenvalue weighted by Crippen LogP contribution is -2.09. The third-order valence-electron chi connectivity index (χ3n) is 2.20. The Morgan fingerprint density at radius 1 is 1.53 bits per heavy atom. The van der Waals surface area contributed by atoms with Gasteiger partial charge in [0.05, 0.1) is 17.7 Å². The zero-order chi connectivity index (χ0) is 12.3. The highest BCUT2D eigenvalue weighted by atomic mass is 79.9. The fourth-order valence-corrected chi connectivity index (χ4v) is 2.53. The van der Waals surface area contributed by atoms with E-state index in [-0.39, 0.29) is 0 Å². The molecule has 0 aliphatic heterocycles. The van der Waals surface area contributed by atoms with E-state index in [1.165, 1.54) is 0 Å². The van der Waals surface area contributed by atoms with E-state index in [1.54, 1.807) is 11.3 Å². The van der Waals surface area contributed by atoms with Crippen molar-refractivity contribution < 1.29 is 0 Å². The van der Waals surface area contributed by atoms with Crippen LogP contribution in [0.3, 0.4) is 0 Å². The molecule has 1 aromatic carbocycles. The highest BCUT2D eigenvalue weighted by molar-refractivity contribution is 9.10. The van der Waals surface area contributed by atoms with Gasteiger partial charge in [-0.05, 0) is 34.1 Å². The molecule has 2 aromatic rings. The maximum Gasteiger partial charge on any atom is 0.104 e. The molecule has 2 rings (SSSR count). The third kappa shape index (κ3) is 3.24. The molecule has 0 bridgehead atoms. The van der Waals surface area contributed by atoms with Crippen LogP contribution < -0.4 is 11.1 Å². The summed E-state index contributed by atoms with van der Waals surface area (Å²) in [6.45, 7) is 0.703. The van der Waals surface area contributed by atoms with Crippen LogP contribution in [0.15, 0.2) is 33.6 Å². The fourth-order valence-electron chi connectivity index (χ4n) is 1.32. The van der Waals surface area contributed by atoms with Crippen LogP contribution in [-0.4, -0.2) is 9.97 Å². The molecule has 1 heterocycles. The van der Waals surface area contributed by atoms with Crippen molar-refractivity contribution >= 4 is 50.2 Å². The Hall–Kier alpha value is -0.980. The van der Waals surface area contributed by atoms with Crippen molar-refractivity contribution in [1.82, 2.24) is 4.98 Å². The van der Waals surface area contributed by atoms with Gasteiger partial charge in [-0.1, -0.05) is 12.2 Å². The summed E-state index contributed by atoms with van der Waals surface area (Å²) in [5, 5.41) is 5.31. The predicted octanol–water partition coefficient (Wildman–Crippen LogP) is 3.15. The number of thiocarbonyl (C=S) groups is 1. The molecule has 0 saturated carbocycles. The summed E-state index contributed by atoms with van der Waals surface area (Å²) in [5.74, 6) is 0. The van der Waals surface area contributed by atoms with Crippen LogP contribution in [0.1, 0.15) is 11.3 Å². The first-order valence-electron chi connectivity index (χ1n) is 4.87. The topological polar surface area (TPSA) is 50.9 Å². The molecule has 6 heteroatoms. The number of anilines is 1. The Bertz CT molecular complexity index is 526. The van der Waals surface area contributed by atoms with E-state index in [4.69, 9.17) is 18.0 Å². The maximum absolute atomic E-state index is 5.57. The van der Waals surface area contributed by atoms with E-state index in [9.17, 15) is 0 Å². The molecule has 0 aliphatic carbocycles. The number of hydrogen-bond acceptors (Lipinski definition) is 4. The van der Waals surface area contributed by atoms with Crippen molar-refractivity contribution in [3.63, 3.8) is 0 Å². The zero-order valence-electron chi connectivity index (χ0n) is 8.81. The number of aromatic nitrogens is 1. The van der Waals surface area contributed by atoms with Gasteiger partial charge in [-0.2, -0.15) is 0 Å². The van der Waals surface area contributed by atoms with Crippen molar-refractivity contribution in [3.8, 4) is 0 Å². The molecule has 0 unspecified atom stereocenters. The molecule has 0 fully saturated rings. The quantitative estimate of drug-likeness (QED) is 0.847. The molecule has 17 heavy (non-hydrogen) atoms. The summed E-state index contributed by atoms with van der Waals surface area (Å²) >= 11 is 10.00. The van der Waals surface area contributed by atoms with Crippen LogP contribution in [0.25, 0.3) is 0 Å². The van der Waals surface area contributed by atoms with E-state index >= 15 is 0 Å². The fraction of sp³-hybridized carbons (Fsp3) is 0.0909. The number of nitrogens with one attached hydrogen (secondary N) is 1. The Labute approximate surface area is 117 Å². The molecule has 1 aromatic heterocycles. The summed E-state index contributed by atoms with van der Waals surface area (Å²) in [4.78, 5) is 4.61. The molecular formula is C11H10BrN3S2. The average molecular weight is 328 g/mol. The lowest BCUT2D eigenvalue weighted by atomic mass is 10.2. The van der Waals surface area contributed by atoms with E-state index in [0.717, 1.165) is 21.4 Å². The Balaban J connectivity index is 2.09. The van der Waals surface area contributed by atoms with Gasteiger partial charge >= 0.3 is 0 Å². The minimum Gasteiger partial charge on any atom is -0.389 e. The third-order valence-corrected chi connectivity index (χ3v) is 3.72. The molecule has 0 amide bonds. The summed E-state index contributed by atoms with van der Waals surface area (Å²) in [6, 6.07) is 5.76. The number of rotatable bonds is 4. The van der Waals surface area contributed by atoms with Crippen LogP contribution in [0, 0.1) is 0 Å². The standard InChI is InChI=1S/C11H10BrN3S2/c12-9-3-7(11(13)16)1-2-10(9)14-4-8-5-17-6-15-8/h1-3,5-6,14H,4H2,(H2,13,16). The summed E-state index contributed by atoms with van der Waals surface area (Å²) in [7, 11) is 0. The van der Waals surface area contributed by atoms with Gasteiger partial charge in [0, 0.05) is 21.1 Å². The van der Waals surface area contributed by atoms with Gasteiger partial charge in [0.15, 0.2) is 0 Å². The van der Waals surface area contributed by atoms with Gasteiger partial charge in [-0.3, -0.25) is 0 Å². The molecule has 0 radical (unpaired) electrons. The highest BCUT2D eigenvalue weighted by Gasteiger charge is 2.03. The number of thiazole rings is 1. The van der Waals surface area contributed by atoms with Crippen molar-refractivity contribution in [2.75, 3.05) is 5.32 Å². The van der Waals surface area contributed by atoms with E-state index in [0.29, 0.717) is 11.5 Å². The molecule has 88 valence electrons. The van der Waals surface area contributed by atoms with E-state index in [2.05, 4.69) is 26.2 Å². The van der Waals surface area contributed by atoms with Crippen LogP contribution in [0.2, 0.25) is 0 Å². The monoisotopic (exact) mass is 327 g/mol. The van der Waals surface area contributed by atoms with Gasteiger partial charge in [-0.25, -0.2) is 4.98 Å². The molecule has 3 nitrogen and oxygen atoms in total. The molecule has 0 atom stereocenters. The first-order chi connectivity index (χ1) is 8.16. The molecule has 0 aliphatic rings. The van der Waals surface area contributed by atoms with Crippen molar-refractivity contribution in [1.29, 1.82) is 0 Å². The minimum absolute atomic E-state index is 0.400. The Kier molecular flexibility index (Phi) is 4.09. The SMILES string of the molecule is NC(=S)c1ccc(NCc2cscn2)c(Br)c1. The second-order valence-corrected chi connectivity index (χ2v) is 5.41. The largest absolute Gasteiger partial charge is 0.389 e. The second kappa shape index (κ2) is 5.57. The van der Waals surface area contributed by atoms with E-state index in [1.807, 2.05) is 29.1 Å². The molecule has 0 spiro atoms. The van der Waals surface area contributed by atoms with Crippen LogP contribution in [-0.2, 0) is 6.54 Å². The molecule has 0 saturated heterocycles. The van der Waals surface area contributed by atoms with Gasteiger partial charge in [0.2, 0.25) is 0 Å². The van der Waals surface area contributed by atoms with Crippen LogP contribution >= 0.6 is 39.5 Å². The van der Waals surface area contributed by atoms with Crippen molar-refractivity contribution in [3.05, 3.63) is 44.8 Å². The second-order valence-electron chi connectivity index (χ2n) is 3.39. The van der Waals surface area contributed by atoms with Gasteiger partial charge in [0.1, 0.15) is 4.99 Å². The lowest BCUT2D eigenvalue weighted by molar-refractivity contribution is 1.07. The highest BCUT2D eigenvalue weighted by Crippen LogP contribution is 2.24. The summed E-state index contributed by atoms with van der Waals surface area (Å²) < 4.78 is 0.943. The molecule has 3 N–H and O–H groups in total. The zero-order valence-corrected chi connectivity index (χ0v) is 12.0. The van der Waals surface area contributed by atoms with Crippen LogP contribution in [0.5, 0.6) is 0 Å². The normalized spacial score (nSPS) is 10.2. The maximum atomic E-state index is 5.57. The smallest absolute Gasteiger partial charge is 0.104 e. The van der Waals surface area contributed by atoms with E-state index < -0.39 is 0 Å².